The largest absolute Gasteiger partial charge is 0.478 e. The number of rotatable bonds is 6. The van der Waals surface area contributed by atoms with Gasteiger partial charge in [0.2, 0.25) is 0 Å². The lowest BCUT2D eigenvalue weighted by Gasteiger charge is -2.18. The highest BCUT2D eigenvalue weighted by molar-refractivity contribution is 5.75. The lowest BCUT2D eigenvalue weighted by Crippen LogP contribution is -2.29. The van der Waals surface area contributed by atoms with Gasteiger partial charge in [0.1, 0.15) is 5.75 Å². The van der Waals surface area contributed by atoms with E-state index >= 15 is 0 Å². The molecule has 0 radical (unpaired) electrons. The third-order valence-corrected chi connectivity index (χ3v) is 2.70. The molecule has 0 aliphatic carbocycles. The summed E-state index contributed by atoms with van der Waals surface area (Å²) in [6.45, 7) is 8.23. The highest BCUT2D eigenvalue weighted by Crippen LogP contribution is 2.21. The Bertz CT molecular complexity index is 399. The van der Waals surface area contributed by atoms with E-state index in [9.17, 15) is 4.79 Å². The van der Waals surface area contributed by atoms with Gasteiger partial charge >= 0.3 is 5.97 Å². The van der Waals surface area contributed by atoms with Crippen molar-refractivity contribution in [2.24, 2.45) is 0 Å². The van der Waals surface area contributed by atoms with Gasteiger partial charge in [0, 0.05) is 0 Å². The molecule has 0 N–H and O–H groups in total. The predicted octanol–water partition coefficient (Wildman–Crippen LogP) is 3.41. The fourth-order valence-corrected chi connectivity index (χ4v) is 1.81. The summed E-state index contributed by atoms with van der Waals surface area (Å²) in [7, 11) is 0. The van der Waals surface area contributed by atoms with Gasteiger partial charge < -0.3 is 9.47 Å². The maximum atomic E-state index is 11.8. The molecule has 0 spiro atoms. The van der Waals surface area contributed by atoms with E-state index in [1.807, 2.05) is 39.0 Å². The molecule has 1 aromatic rings. The number of esters is 1. The van der Waals surface area contributed by atoms with Crippen molar-refractivity contribution in [1.29, 1.82) is 0 Å². The molecule has 0 aliphatic rings. The molecular weight excluding hydrogens is 228 g/mol. The number of benzene rings is 1. The summed E-state index contributed by atoms with van der Waals surface area (Å²) in [5.74, 6) is 0.478. The fraction of sp³-hybridized carbons (Fsp3) is 0.533. The van der Waals surface area contributed by atoms with E-state index in [1.165, 1.54) is 5.56 Å². The fourth-order valence-electron chi connectivity index (χ4n) is 1.81. The van der Waals surface area contributed by atoms with Gasteiger partial charge in [0.05, 0.1) is 6.61 Å². The first-order valence-electron chi connectivity index (χ1n) is 6.49. The first-order valence-corrected chi connectivity index (χ1v) is 6.49. The molecule has 0 aromatic heterocycles. The molecule has 1 atom stereocenters. The van der Waals surface area contributed by atoms with Gasteiger partial charge in [0.25, 0.3) is 0 Å². The average Bonchev–Trinajstić information content (AvgIpc) is 2.32. The lowest BCUT2D eigenvalue weighted by atomic mass is 10.1. The number of carbonyl (C=O) groups is 1. The lowest BCUT2D eigenvalue weighted by molar-refractivity contribution is -0.151. The van der Waals surface area contributed by atoms with Crippen LogP contribution in [0.3, 0.4) is 0 Å². The van der Waals surface area contributed by atoms with E-state index in [2.05, 4.69) is 0 Å². The van der Waals surface area contributed by atoms with Crippen LogP contribution in [0.2, 0.25) is 0 Å². The third-order valence-electron chi connectivity index (χ3n) is 2.70. The maximum Gasteiger partial charge on any atom is 0.347 e. The number of ether oxygens (including phenoxy) is 2. The average molecular weight is 250 g/mol. The minimum absolute atomic E-state index is 0.278. The van der Waals surface area contributed by atoms with Crippen LogP contribution in [0.1, 0.15) is 37.8 Å². The number of aryl methyl sites for hydroxylation is 2. The van der Waals surface area contributed by atoms with Crippen LogP contribution in [0.25, 0.3) is 0 Å². The highest BCUT2D eigenvalue weighted by Gasteiger charge is 2.21. The van der Waals surface area contributed by atoms with Gasteiger partial charge in [-0.1, -0.05) is 31.0 Å². The van der Waals surface area contributed by atoms with Crippen LogP contribution >= 0.6 is 0 Å². The molecule has 3 nitrogen and oxygen atoms in total. The Kier molecular flexibility index (Phi) is 5.69. The predicted molar refractivity (Wildman–Crippen MR) is 71.9 cm³/mol. The Hall–Kier alpha value is -1.51. The summed E-state index contributed by atoms with van der Waals surface area (Å²) in [5, 5.41) is 0. The van der Waals surface area contributed by atoms with Crippen LogP contribution in [0, 0.1) is 13.8 Å². The van der Waals surface area contributed by atoms with Crippen molar-refractivity contribution in [2.45, 2.75) is 46.6 Å². The monoisotopic (exact) mass is 250 g/mol. The van der Waals surface area contributed by atoms with Crippen molar-refractivity contribution >= 4 is 5.97 Å². The molecule has 18 heavy (non-hydrogen) atoms. The maximum absolute atomic E-state index is 11.8. The third kappa shape index (κ3) is 4.06. The second-order valence-corrected chi connectivity index (χ2v) is 4.42. The zero-order valence-corrected chi connectivity index (χ0v) is 11.7. The summed E-state index contributed by atoms with van der Waals surface area (Å²) in [4.78, 5) is 11.8. The van der Waals surface area contributed by atoms with Gasteiger partial charge in [-0.25, -0.2) is 4.79 Å². The van der Waals surface area contributed by atoms with Crippen molar-refractivity contribution in [3.8, 4) is 5.75 Å². The second-order valence-electron chi connectivity index (χ2n) is 4.42. The summed E-state index contributed by atoms with van der Waals surface area (Å²) in [5.41, 5.74) is 2.23. The van der Waals surface area contributed by atoms with Crippen molar-refractivity contribution in [2.75, 3.05) is 6.61 Å². The van der Waals surface area contributed by atoms with Crippen molar-refractivity contribution in [1.82, 2.24) is 0 Å². The first-order chi connectivity index (χ1) is 8.58. The van der Waals surface area contributed by atoms with E-state index in [4.69, 9.17) is 9.47 Å². The normalized spacial score (nSPS) is 12.0. The standard InChI is InChI=1S/C15H22O3/c1-5-7-14(15(16)17-6-2)18-13-9-8-11(3)10-12(13)4/h8-10,14H,5-7H2,1-4H3. The molecule has 3 heteroatoms. The van der Waals surface area contributed by atoms with Gasteiger partial charge in [-0.15, -0.1) is 0 Å². The summed E-state index contributed by atoms with van der Waals surface area (Å²) in [6, 6.07) is 5.94. The van der Waals surface area contributed by atoms with E-state index < -0.39 is 6.10 Å². The molecule has 0 heterocycles. The Balaban J connectivity index is 2.79. The molecule has 0 fully saturated rings. The topological polar surface area (TPSA) is 35.5 Å². The van der Waals surface area contributed by atoms with Crippen LogP contribution < -0.4 is 4.74 Å². The number of hydrogen-bond donors (Lipinski definition) is 0. The molecule has 0 aliphatic heterocycles. The Morgan fingerprint density at radius 2 is 2.00 bits per heavy atom. The molecule has 1 rings (SSSR count). The van der Waals surface area contributed by atoms with E-state index in [0.29, 0.717) is 13.0 Å². The minimum Gasteiger partial charge on any atom is -0.478 e. The molecule has 0 bridgehead atoms. The summed E-state index contributed by atoms with van der Waals surface area (Å²) < 4.78 is 10.8. The first kappa shape index (κ1) is 14.6. The smallest absolute Gasteiger partial charge is 0.347 e. The number of hydrogen-bond acceptors (Lipinski definition) is 3. The highest BCUT2D eigenvalue weighted by atomic mass is 16.6. The molecule has 0 saturated heterocycles. The molecule has 100 valence electrons. The van der Waals surface area contributed by atoms with Gasteiger partial charge in [0.15, 0.2) is 6.10 Å². The van der Waals surface area contributed by atoms with Gasteiger partial charge in [-0.2, -0.15) is 0 Å². The minimum atomic E-state index is -0.503. The van der Waals surface area contributed by atoms with Crippen LogP contribution in [-0.2, 0) is 9.53 Å². The van der Waals surface area contributed by atoms with E-state index in [0.717, 1.165) is 17.7 Å². The van der Waals surface area contributed by atoms with Crippen LogP contribution in [0.4, 0.5) is 0 Å². The zero-order valence-electron chi connectivity index (χ0n) is 11.7. The van der Waals surface area contributed by atoms with Crippen molar-refractivity contribution in [3.63, 3.8) is 0 Å². The summed E-state index contributed by atoms with van der Waals surface area (Å²) in [6.07, 6.45) is 1.05. The molecule has 1 aromatic carbocycles. The number of carbonyl (C=O) groups excluding carboxylic acids is 1. The Labute approximate surface area is 109 Å². The molecule has 0 amide bonds. The van der Waals surface area contributed by atoms with E-state index in [-0.39, 0.29) is 5.97 Å². The second kappa shape index (κ2) is 7.04. The summed E-state index contributed by atoms with van der Waals surface area (Å²) >= 11 is 0. The zero-order chi connectivity index (χ0) is 13.5. The molecule has 0 saturated carbocycles. The Morgan fingerprint density at radius 1 is 1.28 bits per heavy atom. The van der Waals surface area contributed by atoms with E-state index in [1.54, 1.807) is 6.92 Å². The Morgan fingerprint density at radius 3 is 2.56 bits per heavy atom. The van der Waals surface area contributed by atoms with Gasteiger partial charge in [-0.3, -0.25) is 0 Å². The van der Waals surface area contributed by atoms with Crippen LogP contribution in [0.5, 0.6) is 5.75 Å². The van der Waals surface area contributed by atoms with Crippen molar-refractivity contribution < 1.29 is 14.3 Å². The molecular formula is C15H22O3. The van der Waals surface area contributed by atoms with Crippen LogP contribution in [0.15, 0.2) is 18.2 Å². The quantitative estimate of drug-likeness (QED) is 0.726. The van der Waals surface area contributed by atoms with Crippen molar-refractivity contribution in [3.05, 3.63) is 29.3 Å². The van der Waals surface area contributed by atoms with Gasteiger partial charge in [-0.05, 0) is 38.8 Å². The SMILES string of the molecule is CCCC(Oc1ccc(C)cc1C)C(=O)OCC. The van der Waals surface area contributed by atoms with Crippen LogP contribution in [-0.4, -0.2) is 18.7 Å². The molecule has 1 unspecified atom stereocenters.